The van der Waals surface area contributed by atoms with Crippen LogP contribution in [0.25, 0.3) is 10.9 Å². The highest BCUT2D eigenvalue weighted by molar-refractivity contribution is 5.85. The molecule has 2 aromatic heterocycles. The Kier molecular flexibility index (Phi) is 3.92. The fourth-order valence-corrected chi connectivity index (χ4v) is 2.52. The van der Waals surface area contributed by atoms with Gasteiger partial charge < -0.3 is 9.30 Å². The smallest absolute Gasteiger partial charge is 0.238 e. The molecule has 0 N–H and O–H groups in total. The normalized spacial score (nSPS) is 10.8. The number of halogens is 1. The van der Waals surface area contributed by atoms with Gasteiger partial charge in [-0.05, 0) is 36.8 Å². The number of hydrogen-bond donors (Lipinski definition) is 0. The highest BCUT2D eigenvalue weighted by Crippen LogP contribution is 2.27. The van der Waals surface area contributed by atoms with Gasteiger partial charge in [-0.1, -0.05) is 18.2 Å². The average molecular weight is 296 g/mol. The molecule has 2 heterocycles. The molecule has 3 nitrogen and oxygen atoms in total. The third kappa shape index (κ3) is 2.72. The maximum absolute atomic E-state index is 12.9. The van der Waals surface area contributed by atoms with Gasteiger partial charge in [-0.15, -0.1) is 6.58 Å². The Hall–Kier alpha value is -2.62. The number of rotatable bonds is 5. The summed E-state index contributed by atoms with van der Waals surface area (Å²) in [5.74, 6) is 0.330. The SMILES string of the molecule is C=CCn1c(C)cc2ccnc(OCc3ccc(F)cc3)c21. The summed E-state index contributed by atoms with van der Waals surface area (Å²) < 4.78 is 20.9. The molecule has 3 aromatic rings. The maximum Gasteiger partial charge on any atom is 0.238 e. The molecule has 0 aliphatic heterocycles. The Morgan fingerprint density at radius 3 is 2.77 bits per heavy atom. The van der Waals surface area contributed by atoms with Gasteiger partial charge in [0.15, 0.2) is 0 Å². The fourth-order valence-electron chi connectivity index (χ4n) is 2.52. The van der Waals surface area contributed by atoms with E-state index in [2.05, 4.69) is 22.2 Å². The maximum atomic E-state index is 12.9. The number of benzene rings is 1. The van der Waals surface area contributed by atoms with Crippen LogP contribution in [0, 0.1) is 12.7 Å². The molecule has 0 amide bonds. The molecule has 22 heavy (non-hydrogen) atoms. The van der Waals surface area contributed by atoms with Gasteiger partial charge >= 0.3 is 0 Å². The summed E-state index contributed by atoms with van der Waals surface area (Å²) in [5.41, 5.74) is 3.00. The predicted molar refractivity (Wildman–Crippen MR) is 85.4 cm³/mol. The third-order valence-corrected chi connectivity index (χ3v) is 3.58. The lowest BCUT2D eigenvalue weighted by Crippen LogP contribution is -2.02. The first kappa shape index (κ1) is 14.3. The first-order chi connectivity index (χ1) is 10.7. The predicted octanol–water partition coefficient (Wildman–Crippen LogP) is 4.25. The molecule has 112 valence electrons. The molecule has 0 radical (unpaired) electrons. The van der Waals surface area contributed by atoms with Crippen LogP contribution >= 0.6 is 0 Å². The summed E-state index contributed by atoms with van der Waals surface area (Å²) in [7, 11) is 0. The minimum absolute atomic E-state index is 0.250. The zero-order valence-corrected chi connectivity index (χ0v) is 12.4. The lowest BCUT2D eigenvalue weighted by Gasteiger charge is -2.10. The highest BCUT2D eigenvalue weighted by atomic mass is 19.1. The van der Waals surface area contributed by atoms with Crippen molar-refractivity contribution >= 4 is 10.9 Å². The van der Waals surface area contributed by atoms with E-state index in [1.165, 1.54) is 12.1 Å². The molecule has 3 rings (SSSR count). The number of aromatic nitrogens is 2. The monoisotopic (exact) mass is 296 g/mol. The van der Waals surface area contributed by atoms with Crippen molar-refractivity contribution in [2.75, 3.05) is 0 Å². The molecule has 0 fully saturated rings. The van der Waals surface area contributed by atoms with E-state index in [-0.39, 0.29) is 5.82 Å². The highest BCUT2D eigenvalue weighted by Gasteiger charge is 2.11. The van der Waals surface area contributed by atoms with Crippen LogP contribution in [0.5, 0.6) is 5.88 Å². The van der Waals surface area contributed by atoms with Gasteiger partial charge in [-0.2, -0.15) is 0 Å². The number of nitrogens with zero attached hydrogens (tertiary/aromatic N) is 2. The van der Waals surface area contributed by atoms with Gasteiger partial charge in [0, 0.05) is 23.8 Å². The lowest BCUT2D eigenvalue weighted by molar-refractivity contribution is 0.296. The zero-order chi connectivity index (χ0) is 15.5. The molecule has 0 bridgehead atoms. The molecule has 0 unspecified atom stereocenters. The molecule has 0 aliphatic carbocycles. The minimum Gasteiger partial charge on any atom is -0.471 e. The molecule has 0 saturated heterocycles. The first-order valence-electron chi connectivity index (χ1n) is 7.12. The number of fused-ring (bicyclic) bond motifs is 1. The van der Waals surface area contributed by atoms with E-state index in [4.69, 9.17) is 4.74 Å². The van der Waals surface area contributed by atoms with E-state index in [1.54, 1.807) is 18.3 Å². The van der Waals surface area contributed by atoms with Crippen molar-refractivity contribution in [2.24, 2.45) is 0 Å². The molecule has 0 spiro atoms. The Morgan fingerprint density at radius 2 is 2.05 bits per heavy atom. The third-order valence-electron chi connectivity index (χ3n) is 3.58. The number of allylic oxidation sites excluding steroid dienone is 1. The Balaban J connectivity index is 1.92. The zero-order valence-electron chi connectivity index (χ0n) is 12.4. The Labute approximate surface area is 128 Å². The van der Waals surface area contributed by atoms with E-state index < -0.39 is 0 Å². The summed E-state index contributed by atoms with van der Waals surface area (Å²) in [4.78, 5) is 4.34. The molecule has 0 aliphatic rings. The second kappa shape index (κ2) is 6.02. The fraction of sp³-hybridized carbons (Fsp3) is 0.167. The van der Waals surface area contributed by atoms with E-state index in [9.17, 15) is 4.39 Å². The minimum atomic E-state index is -0.250. The summed E-state index contributed by atoms with van der Waals surface area (Å²) in [5, 5.41) is 1.09. The molecular weight excluding hydrogens is 279 g/mol. The molecule has 1 aromatic carbocycles. The van der Waals surface area contributed by atoms with Crippen LogP contribution in [-0.2, 0) is 13.2 Å². The van der Waals surface area contributed by atoms with E-state index in [1.807, 2.05) is 19.1 Å². The second-order valence-corrected chi connectivity index (χ2v) is 5.15. The summed E-state index contributed by atoms with van der Waals surface area (Å²) in [6.45, 7) is 6.90. The van der Waals surface area contributed by atoms with Gasteiger partial charge in [-0.3, -0.25) is 0 Å². The van der Waals surface area contributed by atoms with Crippen molar-refractivity contribution in [1.82, 2.24) is 9.55 Å². The largest absolute Gasteiger partial charge is 0.471 e. The first-order valence-corrected chi connectivity index (χ1v) is 7.12. The number of ether oxygens (including phenoxy) is 1. The van der Waals surface area contributed by atoms with Crippen LogP contribution in [0.4, 0.5) is 4.39 Å². The lowest BCUT2D eigenvalue weighted by atomic mass is 10.2. The number of hydrogen-bond acceptors (Lipinski definition) is 2. The Bertz CT molecular complexity index is 806. The van der Waals surface area contributed by atoms with Crippen molar-refractivity contribution < 1.29 is 9.13 Å². The summed E-state index contributed by atoms with van der Waals surface area (Å²) in [6.07, 6.45) is 3.59. The van der Waals surface area contributed by atoms with Crippen molar-refractivity contribution in [3.8, 4) is 5.88 Å². The van der Waals surface area contributed by atoms with Crippen LogP contribution < -0.4 is 4.74 Å². The van der Waals surface area contributed by atoms with Crippen LogP contribution in [0.15, 0.2) is 55.3 Å². The van der Waals surface area contributed by atoms with Gasteiger partial charge in [0.2, 0.25) is 5.88 Å². The van der Waals surface area contributed by atoms with Crippen molar-refractivity contribution in [2.45, 2.75) is 20.1 Å². The van der Waals surface area contributed by atoms with E-state index >= 15 is 0 Å². The number of pyridine rings is 1. The molecule has 4 heteroatoms. The van der Waals surface area contributed by atoms with Crippen LogP contribution in [0.2, 0.25) is 0 Å². The quantitative estimate of drug-likeness (QED) is 0.658. The Morgan fingerprint density at radius 1 is 1.27 bits per heavy atom. The van der Waals surface area contributed by atoms with Gasteiger partial charge in [0.1, 0.15) is 17.9 Å². The summed E-state index contributed by atoms with van der Waals surface area (Å²) in [6, 6.07) is 10.3. The van der Waals surface area contributed by atoms with Gasteiger partial charge in [0.05, 0.1) is 0 Å². The van der Waals surface area contributed by atoms with Crippen LogP contribution in [0.3, 0.4) is 0 Å². The molecule has 0 saturated carbocycles. The topological polar surface area (TPSA) is 27.1 Å². The number of aryl methyl sites for hydroxylation is 1. The summed E-state index contributed by atoms with van der Waals surface area (Å²) >= 11 is 0. The molecule has 0 atom stereocenters. The van der Waals surface area contributed by atoms with E-state index in [0.29, 0.717) is 19.0 Å². The van der Waals surface area contributed by atoms with Crippen LogP contribution in [0.1, 0.15) is 11.3 Å². The van der Waals surface area contributed by atoms with Crippen molar-refractivity contribution in [3.05, 3.63) is 72.3 Å². The second-order valence-electron chi connectivity index (χ2n) is 5.15. The standard InChI is InChI=1S/C18H17FN2O/c1-3-10-21-13(2)11-15-8-9-20-18(17(15)21)22-12-14-4-6-16(19)7-5-14/h3-9,11H,1,10,12H2,2H3. The molecular formula is C18H17FN2O. The van der Waals surface area contributed by atoms with Crippen molar-refractivity contribution in [3.63, 3.8) is 0 Å². The van der Waals surface area contributed by atoms with Crippen LogP contribution in [-0.4, -0.2) is 9.55 Å². The van der Waals surface area contributed by atoms with Gasteiger partial charge in [0.25, 0.3) is 0 Å². The van der Waals surface area contributed by atoms with E-state index in [0.717, 1.165) is 22.2 Å². The van der Waals surface area contributed by atoms with Crippen molar-refractivity contribution in [1.29, 1.82) is 0 Å². The average Bonchev–Trinajstić information content (AvgIpc) is 2.84. The van der Waals surface area contributed by atoms with Gasteiger partial charge in [-0.25, -0.2) is 9.37 Å².